The molecule has 0 unspecified atom stereocenters. The van der Waals surface area contributed by atoms with Crippen LogP contribution in [0.3, 0.4) is 0 Å². The first-order valence-corrected chi connectivity index (χ1v) is 10.3. The van der Waals surface area contributed by atoms with Crippen molar-refractivity contribution in [2.75, 3.05) is 0 Å². The SMILES string of the molecule is CC1=NN2C(=N)/C(=C\c3cc(C)n(-c4ccc(C(C)C)cc4)c3C)C(=O)N=C2S1. The summed E-state index contributed by atoms with van der Waals surface area (Å²) in [5, 5.41) is 15.4. The maximum atomic E-state index is 12.5. The number of fused-ring (bicyclic) bond motifs is 1. The van der Waals surface area contributed by atoms with Crippen molar-refractivity contribution in [3.63, 3.8) is 0 Å². The van der Waals surface area contributed by atoms with Gasteiger partial charge >= 0.3 is 0 Å². The first kappa shape index (κ1) is 19.4. The third-order valence-electron chi connectivity index (χ3n) is 5.14. The monoisotopic (exact) mass is 405 g/mol. The highest BCUT2D eigenvalue weighted by Crippen LogP contribution is 2.29. The molecule has 0 radical (unpaired) electrons. The number of aliphatic imine (C=N–C) groups is 1. The molecular weight excluding hydrogens is 382 g/mol. The highest BCUT2D eigenvalue weighted by atomic mass is 32.2. The van der Waals surface area contributed by atoms with Crippen LogP contribution in [0, 0.1) is 19.3 Å². The van der Waals surface area contributed by atoms with Crippen LogP contribution in [0.15, 0.2) is 46.0 Å². The lowest BCUT2D eigenvalue weighted by Gasteiger charge is -2.20. The van der Waals surface area contributed by atoms with Crippen LogP contribution in [0.4, 0.5) is 0 Å². The highest BCUT2D eigenvalue weighted by Gasteiger charge is 2.34. The number of hydrogen-bond donors (Lipinski definition) is 1. The van der Waals surface area contributed by atoms with E-state index < -0.39 is 5.91 Å². The van der Waals surface area contributed by atoms with E-state index in [1.54, 1.807) is 6.08 Å². The van der Waals surface area contributed by atoms with Gasteiger partial charge in [-0.3, -0.25) is 10.2 Å². The molecule has 1 aromatic heterocycles. The highest BCUT2D eigenvalue weighted by molar-refractivity contribution is 8.26. The minimum absolute atomic E-state index is 0.0652. The molecule has 0 bridgehead atoms. The Morgan fingerprint density at radius 1 is 1.14 bits per heavy atom. The summed E-state index contributed by atoms with van der Waals surface area (Å²) in [7, 11) is 0. The fourth-order valence-corrected chi connectivity index (χ4v) is 4.32. The molecule has 148 valence electrons. The smallest absolute Gasteiger partial charge is 0.283 e. The molecule has 3 heterocycles. The average molecular weight is 406 g/mol. The van der Waals surface area contributed by atoms with Crippen LogP contribution in [0.2, 0.25) is 0 Å². The predicted molar refractivity (Wildman–Crippen MR) is 120 cm³/mol. The second kappa shape index (κ2) is 7.15. The van der Waals surface area contributed by atoms with Crippen molar-refractivity contribution in [3.8, 4) is 5.69 Å². The maximum Gasteiger partial charge on any atom is 0.283 e. The summed E-state index contributed by atoms with van der Waals surface area (Å²) in [5.74, 6) is 0.153. The summed E-state index contributed by atoms with van der Waals surface area (Å²) in [6.45, 7) is 10.3. The number of benzene rings is 1. The lowest BCUT2D eigenvalue weighted by atomic mass is 10.0. The molecule has 0 fully saturated rings. The van der Waals surface area contributed by atoms with Gasteiger partial charge in [-0.15, -0.1) is 0 Å². The van der Waals surface area contributed by atoms with E-state index in [1.165, 1.54) is 22.3 Å². The van der Waals surface area contributed by atoms with Crippen molar-refractivity contribution in [1.29, 1.82) is 5.41 Å². The van der Waals surface area contributed by atoms with Gasteiger partial charge in [-0.25, -0.2) is 0 Å². The number of amidine groups is 2. The maximum absolute atomic E-state index is 12.5. The summed E-state index contributed by atoms with van der Waals surface area (Å²) < 4.78 is 2.16. The number of nitrogens with one attached hydrogen (secondary N) is 1. The number of hydrogen-bond acceptors (Lipinski definition) is 4. The zero-order valence-corrected chi connectivity index (χ0v) is 18.0. The van der Waals surface area contributed by atoms with Crippen molar-refractivity contribution < 1.29 is 4.79 Å². The number of nitrogens with zero attached hydrogens (tertiary/aromatic N) is 4. The number of carbonyl (C=O) groups is 1. The Kier molecular flexibility index (Phi) is 4.78. The number of rotatable bonds is 3. The standard InChI is InChI=1S/C22H23N5OS/c1-12(2)16-6-8-18(9-7-16)26-13(3)10-17(14(26)4)11-19-20(23)27-22(24-21(19)28)29-15(5)25-27/h6-12,23H,1-5H3/b19-11+,23-20?. The van der Waals surface area contributed by atoms with Crippen LogP contribution in [-0.4, -0.2) is 31.5 Å². The van der Waals surface area contributed by atoms with Crippen molar-refractivity contribution in [2.24, 2.45) is 10.1 Å². The van der Waals surface area contributed by atoms with Crippen molar-refractivity contribution in [1.82, 2.24) is 9.58 Å². The number of aryl methyl sites for hydroxylation is 1. The molecule has 0 saturated carbocycles. The molecule has 2 aliphatic heterocycles. The Morgan fingerprint density at radius 2 is 1.83 bits per heavy atom. The van der Waals surface area contributed by atoms with Gasteiger partial charge in [0, 0.05) is 17.1 Å². The van der Waals surface area contributed by atoms with Gasteiger partial charge in [-0.05, 0) is 73.9 Å². The van der Waals surface area contributed by atoms with Crippen LogP contribution in [0.1, 0.15) is 49.2 Å². The number of thioether (sulfide) groups is 1. The van der Waals surface area contributed by atoms with Gasteiger partial charge in [0.15, 0.2) is 5.84 Å². The van der Waals surface area contributed by atoms with Gasteiger partial charge in [0.05, 0.1) is 10.6 Å². The van der Waals surface area contributed by atoms with Crippen LogP contribution in [0.5, 0.6) is 0 Å². The molecule has 2 aromatic rings. The first-order chi connectivity index (χ1) is 13.8. The van der Waals surface area contributed by atoms with Gasteiger partial charge < -0.3 is 4.57 Å². The van der Waals surface area contributed by atoms with E-state index in [0.717, 1.165) is 27.7 Å². The second-order valence-corrected chi connectivity index (χ2v) is 8.71. The van der Waals surface area contributed by atoms with Crippen molar-refractivity contribution >= 4 is 39.8 Å². The molecule has 1 aromatic carbocycles. The number of aromatic nitrogens is 1. The first-order valence-electron chi connectivity index (χ1n) is 9.52. The molecule has 6 nitrogen and oxygen atoms in total. The summed E-state index contributed by atoms with van der Waals surface area (Å²) in [6.07, 6.45) is 1.75. The average Bonchev–Trinajstić information content (AvgIpc) is 3.17. The van der Waals surface area contributed by atoms with Crippen LogP contribution >= 0.6 is 11.8 Å². The van der Waals surface area contributed by atoms with E-state index in [9.17, 15) is 4.79 Å². The third-order valence-corrected chi connectivity index (χ3v) is 5.97. The minimum Gasteiger partial charge on any atom is -0.318 e. The molecule has 4 rings (SSSR count). The lowest BCUT2D eigenvalue weighted by Crippen LogP contribution is -2.35. The van der Waals surface area contributed by atoms with E-state index in [-0.39, 0.29) is 11.4 Å². The van der Waals surface area contributed by atoms with Gasteiger partial charge in [0.1, 0.15) is 0 Å². The minimum atomic E-state index is -0.398. The molecule has 0 atom stereocenters. The molecule has 0 saturated heterocycles. The van der Waals surface area contributed by atoms with Crippen LogP contribution in [-0.2, 0) is 4.79 Å². The fraction of sp³-hybridized carbons (Fsp3) is 0.273. The zero-order chi connectivity index (χ0) is 20.9. The van der Waals surface area contributed by atoms with E-state index in [4.69, 9.17) is 5.41 Å². The third kappa shape index (κ3) is 3.35. The van der Waals surface area contributed by atoms with Gasteiger partial charge in [0.25, 0.3) is 5.91 Å². The summed E-state index contributed by atoms with van der Waals surface area (Å²) in [6, 6.07) is 10.6. The summed E-state index contributed by atoms with van der Waals surface area (Å²) in [5.41, 5.74) is 5.61. The Bertz CT molecular complexity index is 1120. The molecule has 2 aliphatic rings. The topological polar surface area (TPSA) is 73.8 Å². The Hall–Kier alpha value is -2.93. The summed E-state index contributed by atoms with van der Waals surface area (Å²) in [4.78, 5) is 16.6. The predicted octanol–water partition coefficient (Wildman–Crippen LogP) is 4.86. The van der Waals surface area contributed by atoms with Crippen molar-refractivity contribution in [3.05, 3.63) is 58.4 Å². The molecule has 7 heteroatoms. The van der Waals surface area contributed by atoms with E-state index >= 15 is 0 Å². The normalized spacial score (nSPS) is 17.9. The zero-order valence-electron chi connectivity index (χ0n) is 17.1. The molecule has 0 aliphatic carbocycles. The second-order valence-electron chi connectivity index (χ2n) is 7.55. The quantitative estimate of drug-likeness (QED) is 0.741. The van der Waals surface area contributed by atoms with Crippen LogP contribution < -0.4 is 0 Å². The van der Waals surface area contributed by atoms with E-state index in [1.807, 2.05) is 26.8 Å². The van der Waals surface area contributed by atoms with Gasteiger partial charge in [-0.2, -0.15) is 15.1 Å². The van der Waals surface area contributed by atoms with Crippen LogP contribution in [0.25, 0.3) is 11.8 Å². The Labute approximate surface area is 174 Å². The molecule has 29 heavy (non-hydrogen) atoms. The molecular formula is C22H23N5OS. The van der Waals surface area contributed by atoms with Gasteiger partial charge in [0.2, 0.25) is 5.17 Å². The Balaban J connectivity index is 1.73. The number of hydrazone groups is 1. The number of amides is 1. The molecule has 0 spiro atoms. The molecule has 1 N–H and O–H groups in total. The fourth-order valence-electron chi connectivity index (χ4n) is 3.58. The van der Waals surface area contributed by atoms with E-state index in [2.05, 4.69) is 52.8 Å². The van der Waals surface area contributed by atoms with Crippen molar-refractivity contribution in [2.45, 2.75) is 40.5 Å². The molecule has 1 amide bonds. The van der Waals surface area contributed by atoms with E-state index in [0.29, 0.717) is 11.1 Å². The largest absolute Gasteiger partial charge is 0.318 e. The number of carbonyl (C=O) groups excluding carboxylic acids is 1. The lowest BCUT2D eigenvalue weighted by molar-refractivity contribution is -0.114. The van der Waals surface area contributed by atoms with Gasteiger partial charge in [-0.1, -0.05) is 26.0 Å². The summed E-state index contributed by atoms with van der Waals surface area (Å²) >= 11 is 1.31. The Morgan fingerprint density at radius 3 is 2.48 bits per heavy atom.